The monoisotopic (exact) mass is 283 g/mol. The number of hydrogen-bond acceptors (Lipinski definition) is 3. The Labute approximate surface area is 125 Å². The first kappa shape index (κ1) is 13.9. The third-order valence-corrected chi connectivity index (χ3v) is 4.01. The van der Waals surface area contributed by atoms with Crippen LogP contribution in [0.5, 0.6) is 0 Å². The molecule has 0 bridgehead atoms. The summed E-state index contributed by atoms with van der Waals surface area (Å²) in [5, 5.41) is 4.47. The number of fused-ring (bicyclic) bond motifs is 1. The number of likely N-dealkylation sites (tertiary alicyclic amines) is 1. The Bertz CT molecular complexity index is 615. The summed E-state index contributed by atoms with van der Waals surface area (Å²) in [6.07, 6.45) is 5.90. The van der Waals surface area contributed by atoms with Crippen LogP contribution in [0.25, 0.3) is 10.9 Å². The van der Waals surface area contributed by atoms with Gasteiger partial charge in [-0.2, -0.15) is 0 Å². The van der Waals surface area contributed by atoms with E-state index in [-0.39, 0.29) is 5.91 Å². The lowest BCUT2D eigenvalue weighted by Gasteiger charge is -2.26. The Morgan fingerprint density at radius 3 is 2.81 bits per heavy atom. The van der Waals surface area contributed by atoms with Crippen LogP contribution in [0, 0.1) is 0 Å². The third-order valence-electron chi connectivity index (χ3n) is 4.01. The van der Waals surface area contributed by atoms with Crippen molar-refractivity contribution >= 4 is 22.5 Å². The number of benzene rings is 1. The van der Waals surface area contributed by atoms with E-state index < -0.39 is 0 Å². The summed E-state index contributed by atoms with van der Waals surface area (Å²) >= 11 is 0. The highest BCUT2D eigenvalue weighted by Gasteiger charge is 2.15. The topological polar surface area (TPSA) is 45.2 Å². The van der Waals surface area contributed by atoms with Crippen LogP contribution < -0.4 is 5.32 Å². The second-order valence-corrected chi connectivity index (χ2v) is 5.49. The molecule has 0 radical (unpaired) electrons. The van der Waals surface area contributed by atoms with Crippen LogP contribution in [0.15, 0.2) is 36.5 Å². The van der Waals surface area contributed by atoms with Gasteiger partial charge in [0, 0.05) is 43.3 Å². The van der Waals surface area contributed by atoms with E-state index in [1.54, 1.807) is 6.20 Å². The second kappa shape index (κ2) is 6.57. The molecule has 1 aromatic heterocycles. The van der Waals surface area contributed by atoms with E-state index in [2.05, 4.69) is 16.4 Å². The number of para-hydroxylation sites is 1. The van der Waals surface area contributed by atoms with E-state index in [0.717, 1.165) is 42.5 Å². The van der Waals surface area contributed by atoms with Crippen molar-refractivity contribution in [1.29, 1.82) is 0 Å². The maximum absolute atomic E-state index is 12.1. The molecule has 0 unspecified atom stereocenters. The zero-order valence-corrected chi connectivity index (χ0v) is 12.2. The number of carbonyl (C=O) groups excluding carboxylic acids is 1. The summed E-state index contributed by atoms with van der Waals surface area (Å²) in [5.41, 5.74) is 2.02. The van der Waals surface area contributed by atoms with Gasteiger partial charge in [0.1, 0.15) is 0 Å². The van der Waals surface area contributed by atoms with Gasteiger partial charge in [0.15, 0.2) is 0 Å². The number of hydrogen-bond donors (Lipinski definition) is 1. The molecule has 21 heavy (non-hydrogen) atoms. The number of amides is 1. The minimum atomic E-state index is 0.264. The predicted octanol–water partition coefficient (Wildman–Crippen LogP) is 3.05. The molecular formula is C17H21N3O. The van der Waals surface area contributed by atoms with Crippen LogP contribution in [-0.2, 0) is 4.79 Å². The van der Waals surface area contributed by atoms with Crippen molar-refractivity contribution in [3.63, 3.8) is 0 Å². The Morgan fingerprint density at radius 1 is 1.14 bits per heavy atom. The van der Waals surface area contributed by atoms with Gasteiger partial charge in [-0.05, 0) is 31.4 Å². The van der Waals surface area contributed by atoms with Gasteiger partial charge in [-0.3, -0.25) is 9.78 Å². The van der Waals surface area contributed by atoms with Gasteiger partial charge in [0.05, 0.1) is 5.52 Å². The zero-order valence-electron chi connectivity index (χ0n) is 12.2. The number of nitrogens with zero attached hydrogens (tertiary/aromatic N) is 2. The van der Waals surface area contributed by atoms with Gasteiger partial charge in [0.2, 0.25) is 5.91 Å². The molecule has 4 nitrogen and oxygen atoms in total. The first-order chi connectivity index (χ1) is 10.3. The smallest absolute Gasteiger partial charge is 0.224 e. The van der Waals surface area contributed by atoms with E-state index in [1.165, 1.54) is 6.42 Å². The molecule has 1 aliphatic rings. The SMILES string of the molecule is O=C(CCNc1ccnc2ccccc12)N1CCCCC1. The molecule has 0 aliphatic carbocycles. The number of pyridine rings is 1. The first-order valence-corrected chi connectivity index (χ1v) is 7.70. The number of rotatable bonds is 4. The molecule has 2 aromatic rings. The fraction of sp³-hybridized carbons (Fsp3) is 0.412. The number of carbonyl (C=O) groups is 1. The molecule has 2 heterocycles. The van der Waals surface area contributed by atoms with Crippen molar-refractivity contribution in [3.05, 3.63) is 36.5 Å². The van der Waals surface area contributed by atoms with Crippen LogP contribution in [0.2, 0.25) is 0 Å². The van der Waals surface area contributed by atoms with Crippen LogP contribution in [-0.4, -0.2) is 35.4 Å². The molecule has 0 spiro atoms. The molecular weight excluding hydrogens is 262 g/mol. The maximum Gasteiger partial charge on any atom is 0.224 e. The summed E-state index contributed by atoms with van der Waals surface area (Å²) in [6, 6.07) is 10.0. The molecule has 1 aromatic carbocycles. The van der Waals surface area contributed by atoms with Crippen molar-refractivity contribution < 1.29 is 4.79 Å². The van der Waals surface area contributed by atoms with Gasteiger partial charge < -0.3 is 10.2 Å². The fourth-order valence-corrected chi connectivity index (χ4v) is 2.86. The standard InChI is InChI=1S/C17H21N3O/c21-17(20-12-4-1-5-13-20)9-11-19-16-8-10-18-15-7-3-2-6-14(15)16/h2-3,6-8,10H,1,4-5,9,11-13H2,(H,18,19). The van der Waals surface area contributed by atoms with Crippen LogP contribution >= 0.6 is 0 Å². The number of anilines is 1. The molecule has 3 rings (SSSR count). The van der Waals surface area contributed by atoms with E-state index in [9.17, 15) is 4.79 Å². The van der Waals surface area contributed by atoms with E-state index in [4.69, 9.17) is 0 Å². The number of piperidine rings is 1. The van der Waals surface area contributed by atoms with Crippen molar-refractivity contribution in [2.45, 2.75) is 25.7 Å². The van der Waals surface area contributed by atoms with Crippen LogP contribution in [0.1, 0.15) is 25.7 Å². The van der Waals surface area contributed by atoms with E-state index in [1.807, 2.05) is 29.2 Å². The molecule has 1 saturated heterocycles. The summed E-state index contributed by atoms with van der Waals surface area (Å²) in [6.45, 7) is 2.53. The highest BCUT2D eigenvalue weighted by atomic mass is 16.2. The third kappa shape index (κ3) is 3.32. The Morgan fingerprint density at radius 2 is 1.95 bits per heavy atom. The van der Waals surface area contributed by atoms with Gasteiger partial charge in [0.25, 0.3) is 0 Å². The highest BCUT2D eigenvalue weighted by Crippen LogP contribution is 2.20. The van der Waals surface area contributed by atoms with Crippen LogP contribution in [0.4, 0.5) is 5.69 Å². The molecule has 0 saturated carbocycles. The largest absolute Gasteiger partial charge is 0.384 e. The predicted molar refractivity (Wildman–Crippen MR) is 85.3 cm³/mol. The van der Waals surface area contributed by atoms with Gasteiger partial charge >= 0.3 is 0 Å². The lowest BCUT2D eigenvalue weighted by Crippen LogP contribution is -2.36. The molecule has 0 atom stereocenters. The van der Waals surface area contributed by atoms with Crippen LogP contribution in [0.3, 0.4) is 0 Å². The number of aromatic nitrogens is 1. The minimum Gasteiger partial charge on any atom is -0.384 e. The normalized spacial score (nSPS) is 15.1. The van der Waals surface area contributed by atoms with Crippen molar-refractivity contribution in [1.82, 2.24) is 9.88 Å². The van der Waals surface area contributed by atoms with Crippen molar-refractivity contribution in [2.24, 2.45) is 0 Å². The molecule has 110 valence electrons. The van der Waals surface area contributed by atoms with Gasteiger partial charge in [-0.15, -0.1) is 0 Å². The highest BCUT2D eigenvalue weighted by molar-refractivity contribution is 5.91. The fourth-order valence-electron chi connectivity index (χ4n) is 2.86. The quantitative estimate of drug-likeness (QED) is 0.938. The van der Waals surface area contributed by atoms with Crippen molar-refractivity contribution in [2.75, 3.05) is 25.0 Å². The molecule has 1 amide bonds. The lowest BCUT2D eigenvalue weighted by atomic mass is 10.1. The molecule has 1 aliphatic heterocycles. The number of nitrogens with one attached hydrogen (secondary N) is 1. The lowest BCUT2D eigenvalue weighted by molar-refractivity contribution is -0.131. The summed E-state index contributed by atoms with van der Waals surface area (Å²) in [7, 11) is 0. The second-order valence-electron chi connectivity index (χ2n) is 5.49. The average molecular weight is 283 g/mol. The van der Waals surface area contributed by atoms with Gasteiger partial charge in [-0.25, -0.2) is 0 Å². The van der Waals surface area contributed by atoms with E-state index in [0.29, 0.717) is 13.0 Å². The molecule has 4 heteroatoms. The summed E-state index contributed by atoms with van der Waals surface area (Å²) in [5.74, 6) is 0.264. The first-order valence-electron chi connectivity index (χ1n) is 7.70. The average Bonchev–Trinajstić information content (AvgIpc) is 2.56. The molecule has 1 fully saturated rings. The Balaban J connectivity index is 1.58. The Kier molecular flexibility index (Phi) is 4.34. The summed E-state index contributed by atoms with van der Waals surface area (Å²) in [4.78, 5) is 18.5. The van der Waals surface area contributed by atoms with E-state index >= 15 is 0 Å². The minimum absolute atomic E-state index is 0.264. The van der Waals surface area contributed by atoms with Crippen molar-refractivity contribution in [3.8, 4) is 0 Å². The maximum atomic E-state index is 12.1. The Hall–Kier alpha value is -2.10. The molecule has 1 N–H and O–H groups in total. The van der Waals surface area contributed by atoms with Gasteiger partial charge in [-0.1, -0.05) is 18.2 Å². The summed E-state index contributed by atoms with van der Waals surface area (Å²) < 4.78 is 0. The zero-order chi connectivity index (χ0) is 14.5.